The predicted octanol–water partition coefficient (Wildman–Crippen LogP) is 2.81. The van der Waals surface area contributed by atoms with Gasteiger partial charge >= 0.3 is 0 Å². The number of hydrogen-bond donors (Lipinski definition) is 1. The first kappa shape index (κ1) is 21.1. The molecule has 1 N–H and O–H groups in total. The largest absolute Gasteiger partial charge is 0.381 e. The summed E-state index contributed by atoms with van der Waals surface area (Å²) in [6.45, 7) is 5.71. The van der Waals surface area contributed by atoms with Crippen molar-refractivity contribution in [2.75, 3.05) is 39.4 Å². The highest BCUT2D eigenvalue weighted by Gasteiger charge is 2.31. The van der Waals surface area contributed by atoms with Crippen LogP contribution in [0.1, 0.15) is 24.4 Å². The Morgan fingerprint density at radius 2 is 1.71 bits per heavy atom. The lowest BCUT2D eigenvalue weighted by Gasteiger charge is -2.41. The van der Waals surface area contributed by atoms with Crippen molar-refractivity contribution in [3.63, 3.8) is 0 Å². The highest BCUT2D eigenvalue weighted by Crippen LogP contribution is 2.35. The van der Waals surface area contributed by atoms with Gasteiger partial charge in [0.05, 0.1) is 4.92 Å². The van der Waals surface area contributed by atoms with Crippen molar-refractivity contribution in [1.82, 2.24) is 10.2 Å². The molecule has 1 aromatic rings. The van der Waals surface area contributed by atoms with E-state index < -0.39 is 0 Å². The summed E-state index contributed by atoms with van der Waals surface area (Å²) in [5, 5.41) is 14.2. The summed E-state index contributed by atoms with van der Waals surface area (Å²) in [5.41, 5.74) is 1.36. The van der Waals surface area contributed by atoms with E-state index in [0.29, 0.717) is 12.0 Å². The Hall–Kier alpha value is -0.920. The van der Waals surface area contributed by atoms with E-state index in [1.165, 1.54) is 5.56 Å². The molecule has 0 spiro atoms. The molecule has 2 fully saturated rings. The van der Waals surface area contributed by atoms with E-state index in [1.807, 2.05) is 12.1 Å². The normalized spacial score (nSPS) is 20.5. The average molecular weight is 378 g/mol. The monoisotopic (exact) mass is 377 g/mol. The molecule has 0 saturated carbocycles. The number of nitro groups is 1. The van der Waals surface area contributed by atoms with Crippen LogP contribution in [0.25, 0.3) is 0 Å². The molecule has 1 atom stereocenters. The summed E-state index contributed by atoms with van der Waals surface area (Å²) in [6, 6.07) is 7.46. The number of nitrogens with zero attached hydrogens (tertiary/aromatic N) is 2. The standard InChI is InChI=1S/C16H23N3O3.2ClH/c20-19(21)15-3-1-13(2-4-15)16(14-5-11-22-12-6-14)18-9-7-17-8-10-18;;/h1-4,14,16-17H,5-12H2;2*1H/t16-;;/m0../s1. The van der Waals surface area contributed by atoms with Crippen molar-refractivity contribution in [2.24, 2.45) is 5.92 Å². The van der Waals surface area contributed by atoms with Gasteiger partial charge in [-0.15, -0.1) is 24.8 Å². The van der Waals surface area contributed by atoms with E-state index in [-0.39, 0.29) is 35.4 Å². The number of rotatable bonds is 4. The van der Waals surface area contributed by atoms with Crippen LogP contribution in [-0.2, 0) is 4.74 Å². The third-order valence-corrected chi connectivity index (χ3v) is 4.70. The number of non-ortho nitro benzene ring substituents is 1. The first-order chi connectivity index (χ1) is 10.8. The van der Waals surface area contributed by atoms with Crippen molar-refractivity contribution in [1.29, 1.82) is 0 Å². The fraction of sp³-hybridized carbons (Fsp3) is 0.625. The number of nitrogens with one attached hydrogen (secondary N) is 1. The molecule has 0 aliphatic carbocycles. The Morgan fingerprint density at radius 1 is 1.12 bits per heavy atom. The summed E-state index contributed by atoms with van der Waals surface area (Å²) >= 11 is 0. The quantitative estimate of drug-likeness (QED) is 0.645. The molecule has 6 nitrogen and oxygen atoms in total. The summed E-state index contributed by atoms with van der Waals surface area (Å²) in [6.07, 6.45) is 2.12. The van der Waals surface area contributed by atoms with Crippen molar-refractivity contribution in [3.05, 3.63) is 39.9 Å². The molecule has 0 amide bonds. The van der Waals surface area contributed by atoms with E-state index in [4.69, 9.17) is 4.74 Å². The van der Waals surface area contributed by atoms with Gasteiger partial charge in [-0.2, -0.15) is 0 Å². The van der Waals surface area contributed by atoms with Crippen LogP contribution in [0.3, 0.4) is 0 Å². The Balaban J connectivity index is 0.00000144. The lowest BCUT2D eigenvalue weighted by atomic mass is 9.85. The zero-order valence-corrected chi connectivity index (χ0v) is 15.2. The van der Waals surface area contributed by atoms with Gasteiger partial charge in [0.15, 0.2) is 0 Å². The predicted molar refractivity (Wildman–Crippen MR) is 98.3 cm³/mol. The van der Waals surface area contributed by atoms with Gasteiger partial charge in [0.25, 0.3) is 5.69 Å². The molecular weight excluding hydrogens is 353 g/mol. The van der Waals surface area contributed by atoms with Crippen LogP contribution in [0.4, 0.5) is 5.69 Å². The van der Waals surface area contributed by atoms with Gasteiger partial charge in [-0.1, -0.05) is 12.1 Å². The molecule has 8 heteroatoms. The Bertz CT molecular complexity index is 486. The van der Waals surface area contributed by atoms with Gasteiger partial charge in [0, 0.05) is 57.6 Å². The third-order valence-electron chi connectivity index (χ3n) is 4.70. The van der Waals surface area contributed by atoms with Crippen molar-refractivity contribution in [2.45, 2.75) is 18.9 Å². The number of hydrogen-bond acceptors (Lipinski definition) is 5. The van der Waals surface area contributed by atoms with Crippen LogP contribution in [0.15, 0.2) is 24.3 Å². The second kappa shape index (κ2) is 10.2. The van der Waals surface area contributed by atoms with Crippen LogP contribution < -0.4 is 5.32 Å². The zero-order chi connectivity index (χ0) is 15.4. The van der Waals surface area contributed by atoms with Gasteiger partial charge in [0.2, 0.25) is 0 Å². The first-order valence-corrected chi connectivity index (χ1v) is 8.02. The highest BCUT2D eigenvalue weighted by atomic mass is 35.5. The second-order valence-electron chi connectivity index (χ2n) is 6.03. The molecule has 24 heavy (non-hydrogen) atoms. The van der Waals surface area contributed by atoms with Gasteiger partial charge < -0.3 is 10.1 Å². The number of piperazine rings is 1. The molecule has 2 saturated heterocycles. The zero-order valence-electron chi connectivity index (χ0n) is 13.6. The SMILES string of the molecule is Cl.Cl.O=[N+]([O-])c1ccc([C@@H](C2CCOCC2)N2CCNCC2)cc1. The smallest absolute Gasteiger partial charge is 0.269 e. The number of nitro benzene ring substituents is 1. The van der Waals surface area contributed by atoms with Crippen molar-refractivity contribution >= 4 is 30.5 Å². The average Bonchev–Trinajstić information content (AvgIpc) is 2.57. The minimum atomic E-state index is -0.335. The van der Waals surface area contributed by atoms with Gasteiger partial charge in [0.1, 0.15) is 0 Å². The van der Waals surface area contributed by atoms with Crippen molar-refractivity contribution < 1.29 is 9.66 Å². The maximum absolute atomic E-state index is 10.9. The molecule has 0 radical (unpaired) electrons. The topological polar surface area (TPSA) is 67.6 Å². The maximum Gasteiger partial charge on any atom is 0.269 e. The van der Waals surface area contributed by atoms with E-state index in [1.54, 1.807) is 12.1 Å². The van der Waals surface area contributed by atoms with Crippen LogP contribution in [-0.4, -0.2) is 49.2 Å². The molecule has 0 bridgehead atoms. The summed E-state index contributed by atoms with van der Waals surface area (Å²) < 4.78 is 5.50. The fourth-order valence-corrected chi connectivity index (χ4v) is 3.57. The van der Waals surface area contributed by atoms with Gasteiger partial charge in [-0.05, 0) is 24.3 Å². The van der Waals surface area contributed by atoms with Crippen LogP contribution in [0.2, 0.25) is 0 Å². The van der Waals surface area contributed by atoms with Gasteiger partial charge in [-0.25, -0.2) is 0 Å². The molecule has 2 aliphatic rings. The van der Waals surface area contributed by atoms with E-state index in [0.717, 1.165) is 52.2 Å². The van der Waals surface area contributed by atoms with Crippen LogP contribution >= 0.6 is 24.8 Å². The van der Waals surface area contributed by atoms with E-state index >= 15 is 0 Å². The fourth-order valence-electron chi connectivity index (χ4n) is 3.57. The molecule has 2 heterocycles. The van der Waals surface area contributed by atoms with Crippen LogP contribution in [0, 0.1) is 16.0 Å². The second-order valence-corrected chi connectivity index (χ2v) is 6.03. The van der Waals surface area contributed by atoms with E-state index in [2.05, 4.69) is 10.2 Å². The Labute approximate surface area is 154 Å². The van der Waals surface area contributed by atoms with Crippen molar-refractivity contribution in [3.8, 4) is 0 Å². The third kappa shape index (κ3) is 5.04. The summed E-state index contributed by atoms with van der Waals surface area (Å²) in [5.74, 6) is 0.563. The molecule has 3 rings (SSSR count). The summed E-state index contributed by atoms with van der Waals surface area (Å²) in [4.78, 5) is 13.0. The highest BCUT2D eigenvalue weighted by molar-refractivity contribution is 5.85. The van der Waals surface area contributed by atoms with E-state index in [9.17, 15) is 10.1 Å². The lowest BCUT2D eigenvalue weighted by molar-refractivity contribution is -0.384. The molecule has 0 aromatic heterocycles. The molecule has 2 aliphatic heterocycles. The summed E-state index contributed by atoms with van der Waals surface area (Å²) in [7, 11) is 0. The molecule has 1 aromatic carbocycles. The van der Waals surface area contributed by atoms with Gasteiger partial charge in [-0.3, -0.25) is 15.0 Å². The molecule has 136 valence electrons. The minimum Gasteiger partial charge on any atom is -0.381 e. The number of ether oxygens (including phenoxy) is 1. The maximum atomic E-state index is 10.9. The Morgan fingerprint density at radius 3 is 2.25 bits per heavy atom. The first-order valence-electron chi connectivity index (χ1n) is 8.02. The lowest BCUT2D eigenvalue weighted by Crippen LogP contribution is -2.47. The van der Waals surface area contributed by atoms with Crippen LogP contribution in [0.5, 0.6) is 0 Å². The molecule has 0 unspecified atom stereocenters. The Kier molecular flexibility index (Phi) is 8.94. The number of benzene rings is 1. The minimum absolute atomic E-state index is 0. The molecular formula is C16H25Cl2N3O3. The number of halogens is 2.